The molecule has 2 N–H and O–H groups in total. The van der Waals surface area contributed by atoms with Crippen molar-refractivity contribution in [3.05, 3.63) is 21.7 Å². The van der Waals surface area contributed by atoms with Crippen LogP contribution in [0.15, 0.2) is 9.82 Å². The minimum atomic E-state index is -0.583. The van der Waals surface area contributed by atoms with Crippen LogP contribution < -0.4 is 11.0 Å². The van der Waals surface area contributed by atoms with Crippen LogP contribution in [0.5, 0.6) is 0 Å². The van der Waals surface area contributed by atoms with Crippen LogP contribution in [0.4, 0.5) is 0 Å². The third-order valence-corrected chi connectivity index (χ3v) is 5.25. The summed E-state index contributed by atoms with van der Waals surface area (Å²) in [6.07, 6.45) is 4.46. The maximum Gasteiger partial charge on any atom is 0.346 e. The minimum absolute atomic E-state index is 0.100. The molecule has 1 aromatic heterocycles. The molecule has 0 unspecified atom stereocenters. The van der Waals surface area contributed by atoms with E-state index in [2.05, 4.69) is 22.2 Å². The Labute approximate surface area is 145 Å². The van der Waals surface area contributed by atoms with E-state index in [9.17, 15) is 14.4 Å². The molecule has 0 aliphatic heterocycles. The van der Waals surface area contributed by atoms with Crippen molar-refractivity contribution in [2.24, 2.45) is 5.92 Å². The maximum atomic E-state index is 12.2. The van der Waals surface area contributed by atoms with E-state index < -0.39 is 11.7 Å². The zero-order chi connectivity index (χ0) is 17.7. The van der Waals surface area contributed by atoms with Crippen molar-refractivity contribution in [1.29, 1.82) is 0 Å². The second-order valence-corrected chi connectivity index (χ2v) is 7.03. The van der Waals surface area contributed by atoms with Gasteiger partial charge in [0.2, 0.25) is 5.91 Å². The van der Waals surface area contributed by atoms with Crippen LogP contribution in [-0.2, 0) is 9.53 Å². The number of hydrogen-bond acceptors (Lipinski definition) is 6. The van der Waals surface area contributed by atoms with Gasteiger partial charge in [-0.15, -0.1) is 0 Å². The van der Waals surface area contributed by atoms with E-state index in [1.54, 1.807) is 6.92 Å². The van der Waals surface area contributed by atoms with Crippen LogP contribution in [0.25, 0.3) is 0 Å². The van der Waals surface area contributed by atoms with Gasteiger partial charge in [-0.3, -0.25) is 4.79 Å². The third kappa shape index (κ3) is 4.59. The quantitative estimate of drug-likeness (QED) is 0.474. The summed E-state index contributed by atoms with van der Waals surface area (Å²) in [6.45, 7) is 3.75. The van der Waals surface area contributed by atoms with Gasteiger partial charge in [0, 0.05) is 11.7 Å². The lowest BCUT2D eigenvalue weighted by Crippen LogP contribution is -2.41. The second kappa shape index (κ2) is 8.32. The first-order valence-electron chi connectivity index (χ1n) is 8.03. The standard InChI is InChI=1S/C16H23N3O4S/c1-9-6-4-5-7-11(9)18-12(20)8-24-14-13(15(21)23-3)10(2)17-16(22)19-14/h9,11H,4-8H2,1-3H3,(H,18,20)(H,17,19,22)/t9-,11+/m0/s1. The number of hydrogen-bond donors (Lipinski definition) is 2. The molecule has 0 spiro atoms. The molecule has 8 heteroatoms. The van der Waals surface area contributed by atoms with Gasteiger partial charge < -0.3 is 15.0 Å². The van der Waals surface area contributed by atoms with Crippen LogP contribution in [0.1, 0.15) is 48.7 Å². The van der Waals surface area contributed by atoms with Crippen LogP contribution in [0.2, 0.25) is 0 Å². The van der Waals surface area contributed by atoms with Gasteiger partial charge in [-0.05, 0) is 25.7 Å². The maximum absolute atomic E-state index is 12.2. The summed E-state index contributed by atoms with van der Waals surface area (Å²) in [4.78, 5) is 41.9. The lowest BCUT2D eigenvalue weighted by atomic mass is 9.86. The second-order valence-electron chi connectivity index (χ2n) is 6.06. The summed E-state index contributed by atoms with van der Waals surface area (Å²) in [7, 11) is 1.26. The van der Waals surface area contributed by atoms with Crippen LogP contribution in [-0.4, -0.2) is 40.7 Å². The lowest BCUT2D eigenvalue weighted by molar-refractivity contribution is -0.119. The molecular weight excluding hydrogens is 330 g/mol. The largest absolute Gasteiger partial charge is 0.465 e. The van der Waals surface area contributed by atoms with Gasteiger partial charge in [0.1, 0.15) is 10.6 Å². The summed E-state index contributed by atoms with van der Waals surface area (Å²) in [6, 6.07) is 0.195. The predicted molar refractivity (Wildman–Crippen MR) is 91.2 cm³/mol. The molecule has 132 valence electrons. The van der Waals surface area contributed by atoms with E-state index >= 15 is 0 Å². The molecule has 0 radical (unpaired) electrons. The first-order chi connectivity index (χ1) is 11.4. The zero-order valence-corrected chi connectivity index (χ0v) is 15.0. The number of esters is 1. The molecule has 2 atom stereocenters. The Kier molecular flexibility index (Phi) is 6.42. The lowest BCUT2D eigenvalue weighted by Gasteiger charge is -2.29. The zero-order valence-electron chi connectivity index (χ0n) is 14.2. The highest BCUT2D eigenvalue weighted by Gasteiger charge is 2.24. The predicted octanol–water partition coefficient (Wildman–Crippen LogP) is 1.65. The van der Waals surface area contributed by atoms with Gasteiger partial charge in [0.05, 0.1) is 12.9 Å². The molecule has 24 heavy (non-hydrogen) atoms. The van der Waals surface area contributed by atoms with E-state index in [-0.39, 0.29) is 28.3 Å². The number of thioether (sulfide) groups is 1. The van der Waals surface area contributed by atoms with Gasteiger partial charge >= 0.3 is 11.7 Å². The molecule has 0 aromatic carbocycles. The molecule has 1 fully saturated rings. The number of nitrogens with one attached hydrogen (secondary N) is 2. The van der Waals surface area contributed by atoms with Crippen molar-refractivity contribution in [2.75, 3.05) is 12.9 Å². The van der Waals surface area contributed by atoms with Crippen molar-refractivity contribution in [3.63, 3.8) is 0 Å². The number of aromatic nitrogens is 2. The normalized spacial score (nSPS) is 20.5. The van der Waals surface area contributed by atoms with Gasteiger partial charge in [-0.1, -0.05) is 31.5 Å². The van der Waals surface area contributed by atoms with E-state index in [4.69, 9.17) is 4.74 Å². The van der Waals surface area contributed by atoms with Gasteiger partial charge in [0.25, 0.3) is 0 Å². The molecule has 7 nitrogen and oxygen atoms in total. The molecule has 1 heterocycles. The van der Waals surface area contributed by atoms with E-state index in [0.717, 1.165) is 31.0 Å². The van der Waals surface area contributed by atoms with E-state index in [1.165, 1.54) is 13.5 Å². The highest BCUT2D eigenvalue weighted by Crippen LogP contribution is 2.25. The fourth-order valence-electron chi connectivity index (χ4n) is 2.92. The summed E-state index contributed by atoms with van der Waals surface area (Å²) in [5, 5.41) is 3.26. The number of carbonyl (C=O) groups is 2. The fraction of sp³-hybridized carbons (Fsp3) is 0.625. The number of H-pyrrole nitrogens is 1. The Morgan fingerprint density at radius 2 is 2.08 bits per heavy atom. The molecule has 1 aliphatic carbocycles. The number of carbonyl (C=O) groups excluding carboxylic acids is 2. The number of rotatable bonds is 5. The Bertz CT molecular complexity index is 674. The Morgan fingerprint density at radius 1 is 1.38 bits per heavy atom. The number of aryl methyl sites for hydroxylation is 1. The van der Waals surface area contributed by atoms with E-state index in [0.29, 0.717) is 11.6 Å². The fourth-order valence-corrected chi connectivity index (χ4v) is 3.80. The molecule has 1 aromatic rings. The van der Waals surface area contributed by atoms with Crippen LogP contribution >= 0.6 is 11.8 Å². The SMILES string of the molecule is COC(=O)c1c(SCC(=O)N[C@@H]2CCCC[C@@H]2C)nc(=O)[nH]c1C. The first kappa shape index (κ1) is 18.5. The smallest absolute Gasteiger partial charge is 0.346 e. The highest BCUT2D eigenvalue weighted by atomic mass is 32.2. The number of methoxy groups -OCH3 is 1. The van der Waals surface area contributed by atoms with Crippen molar-refractivity contribution in [1.82, 2.24) is 15.3 Å². The van der Waals surface area contributed by atoms with Crippen molar-refractivity contribution in [2.45, 2.75) is 50.6 Å². The summed E-state index contributed by atoms with van der Waals surface area (Å²) in [5.41, 5.74) is 0.0237. The van der Waals surface area contributed by atoms with Gasteiger partial charge in [-0.2, -0.15) is 4.98 Å². The van der Waals surface area contributed by atoms with Crippen LogP contribution in [0, 0.1) is 12.8 Å². The topological polar surface area (TPSA) is 101 Å². The number of aromatic amines is 1. The number of ether oxygens (including phenoxy) is 1. The average molecular weight is 353 g/mol. The van der Waals surface area contributed by atoms with Crippen molar-refractivity contribution in [3.8, 4) is 0 Å². The summed E-state index contributed by atoms with van der Waals surface area (Å²) >= 11 is 1.07. The summed E-state index contributed by atoms with van der Waals surface area (Å²) < 4.78 is 4.73. The highest BCUT2D eigenvalue weighted by molar-refractivity contribution is 8.00. The van der Waals surface area contributed by atoms with Crippen LogP contribution in [0.3, 0.4) is 0 Å². The molecule has 1 amide bonds. The molecule has 1 aliphatic rings. The van der Waals surface area contributed by atoms with Gasteiger partial charge in [-0.25, -0.2) is 9.59 Å². The van der Waals surface area contributed by atoms with E-state index in [1.807, 2.05) is 0 Å². The molecule has 2 rings (SSSR count). The first-order valence-corrected chi connectivity index (χ1v) is 9.02. The average Bonchev–Trinajstić information content (AvgIpc) is 2.54. The number of nitrogens with zero attached hydrogens (tertiary/aromatic N) is 1. The monoisotopic (exact) mass is 353 g/mol. The Balaban J connectivity index is 2.04. The Morgan fingerprint density at radius 3 is 2.75 bits per heavy atom. The van der Waals surface area contributed by atoms with Crippen molar-refractivity contribution >= 4 is 23.6 Å². The third-order valence-electron chi connectivity index (χ3n) is 4.27. The molecular formula is C16H23N3O4S. The molecule has 0 saturated heterocycles. The molecule has 0 bridgehead atoms. The minimum Gasteiger partial charge on any atom is -0.465 e. The molecule has 1 saturated carbocycles. The number of amides is 1. The summed E-state index contributed by atoms with van der Waals surface area (Å²) in [5.74, 6) is -0.129. The van der Waals surface area contributed by atoms with Crippen molar-refractivity contribution < 1.29 is 14.3 Å². The van der Waals surface area contributed by atoms with Gasteiger partial charge in [0.15, 0.2) is 0 Å². The Hall–Kier alpha value is -1.83.